The first-order valence-corrected chi connectivity index (χ1v) is 7.73. The van der Waals surface area contributed by atoms with E-state index in [9.17, 15) is 4.79 Å². The molecule has 0 unspecified atom stereocenters. The fourth-order valence-electron chi connectivity index (χ4n) is 2.02. The van der Waals surface area contributed by atoms with Crippen LogP contribution in [0.3, 0.4) is 0 Å². The lowest BCUT2D eigenvalue weighted by Crippen LogP contribution is -2.23. The number of nitrogens with one attached hydrogen (secondary N) is 2. The van der Waals surface area contributed by atoms with Gasteiger partial charge >= 0.3 is 0 Å². The lowest BCUT2D eigenvalue weighted by molar-refractivity contribution is 0.0945. The van der Waals surface area contributed by atoms with Gasteiger partial charge in [0.2, 0.25) is 0 Å². The highest BCUT2D eigenvalue weighted by Crippen LogP contribution is 2.30. The fourth-order valence-corrected chi connectivity index (χ4v) is 2.98. The highest BCUT2D eigenvalue weighted by Gasteiger charge is 2.08. The molecule has 1 heterocycles. The van der Waals surface area contributed by atoms with Crippen molar-refractivity contribution >= 4 is 17.7 Å². The summed E-state index contributed by atoms with van der Waals surface area (Å²) >= 11 is 1.69. The molecule has 5 heteroatoms. The molecule has 0 bridgehead atoms. The van der Waals surface area contributed by atoms with Crippen molar-refractivity contribution < 1.29 is 4.79 Å². The summed E-state index contributed by atoms with van der Waals surface area (Å²) in [5.74, 6) is -0.156. The maximum Gasteiger partial charge on any atom is 0.269 e. The summed E-state index contributed by atoms with van der Waals surface area (Å²) in [6, 6.07) is 19.9. The maximum atomic E-state index is 12.0. The van der Waals surface area contributed by atoms with Crippen molar-refractivity contribution in [1.82, 2.24) is 15.5 Å². The Morgan fingerprint density at radius 1 is 1.05 bits per heavy atom. The van der Waals surface area contributed by atoms with Crippen molar-refractivity contribution in [3.8, 4) is 0 Å². The number of carbonyl (C=O) groups is 1. The Labute approximate surface area is 133 Å². The van der Waals surface area contributed by atoms with Crippen LogP contribution in [0.1, 0.15) is 16.1 Å². The molecule has 0 aliphatic carbocycles. The molecular weight excluding hydrogens is 294 g/mol. The average molecular weight is 309 g/mol. The number of amides is 1. The van der Waals surface area contributed by atoms with Crippen LogP contribution < -0.4 is 5.32 Å². The molecular formula is C17H15N3OS. The van der Waals surface area contributed by atoms with E-state index in [0.717, 1.165) is 10.5 Å². The number of aromatic nitrogens is 2. The first-order valence-electron chi connectivity index (χ1n) is 6.91. The van der Waals surface area contributed by atoms with Gasteiger partial charge in [-0.2, -0.15) is 5.10 Å². The summed E-state index contributed by atoms with van der Waals surface area (Å²) in [7, 11) is 0. The minimum Gasteiger partial charge on any atom is -0.347 e. The molecule has 3 rings (SSSR count). The van der Waals surface area contributed by atoms with Gasteiger partial charge in [-0.25, -0.2) is 0 Å². The average Bonchev–Trinajstić information content (AvgIpc) is 3.09. The van der Waals surface area contributed by atoms with E-state index in [1.54, 1.807) is 24.0 Å². The second kappa shape index (κ2) is 6.95. The second-order valence-corrected chi connectivity index (χ2v) is 5.79. The minimum absolute atomic E-state index is 0.156. The molecule has 1 aromatic heterocycles. The van der Waals surface area contributed by atoms with Crippen molar-refractivity contribution in [2.75, 3.05) is 0 Å². The van der Waals surface area contributed by atoms with Gasteiger partial charge in [0.15, 0.2) is 0 Å². The van der Waals surface area contributed by atoms with Crippen LogP contribution in [0.15, 0.2) is 76.7 Å². The van der Waals surface area contributed by atoms with Crippen LogP contribution >= 0.6 is 11.8 Å². The van der Waals surface area contributed by atoms with Crippen LogP contribution in [0.25, 0.3) is 0 Å². The molecule has 3 aromatic rings. The first kappa shape index (κ1) is 14.4. The highest BCUT2D eigenvalue weighted by atomic mass is 32.2. The Kier molecular flexibility index (Phi) is 4.56. The number of benzene rings is 2. The molecule has 0 aliphatic heterocycles. The fraction of sp³-hybridized carbons (Fsp3) is 0.0588. The molecule has 0 atom stereocenters. The quantitative estimate of drug-likeness (QED) is 0.758. The molecule has 0 aliphatic rings. The number of H-pyrrole nitrogens is 1. The van der Waals surface area contributed by atoms with E-state index in [4.69, 9.17) is 0 Å². The van der Waals surface area contributed by atoms with Gasteiger partial charge < -0.3 is 5.32 Å². The monoisotopic (exact) mass is 309 g/mol. The zero-order chi connectivity index (χ0) is 15.2. The zero-order valence-electron chi connectivity index (χ0n) is 11.8. The Bertz CT molecular complexity index is 742. The Hall–Kier alpha value is -2.53. The van der Waals surface area contributed by atoms with Crippen molar-refractivity contribution in [2.24, 2.45) is 0 Å². The van der Waals surface area contributed by atoms with Gasteiger partial charge in [0.1, 0.15) is 5.69 Å². The molecule has 0 radical (unpaired) electrons. The summed E-state index contributed by atoms with van der Waals surface area (Å²) < 4.78 is 0. The summed E-state index contributed by atoms with van der Waals surface area (Å²) in [4.78, 5) is 14.3. The molecule has 0 fully saturated rings. The number of carbonyl (C=O) groups excluding carboxylic acids is 1. The van der Waals surface area contributed by atoms with Crippen LogP contribution in [0.4, 0.5) is 0 Å². The first-order chi connectivity index (χ1) is 10.8. The topological polar surface area (TPSA) is 57.8 Å². The summed E-state index contributed by atoms with van der Waals surface area (Å²) in [6.07, 6.45) is 1.56. The van der Waals surface area contributed by atoms with E-state index < -0.39 is 0 Å². The van der Waals surface area contributed by atoms with E-state index in [1.165, 1.54) is 4.90 Å². The minimum atomic E-state index is -0.156. The smallest absolute Gasteiger partial charge is 0.269 e. The molecule has 0 saturated carbocycles. The Morgan fingerprint density at radius 3 is 2.59 bits per heavy atom. The van der Waals surface area contributed by atoms with Gasteiger partial charge in [-0.05, 0) is 29.8 Å². The van der Waals surface area contributed by atoms with Crippen molar-refractivity contribution in [1.29, 1.82) is 0 Å². The van der Waals surface area contributed by atoms with Gasteiger partial charge in [0.25, 0.3) is 5.91 Å². The van der Waals surface area contributed by atoms with E-state index >= 15 is 0 Å². The third-order valence-electron chi connectivity index (χ3n) is 3.13. The van der Waals surface area contributed by atoms with Gasteiger partial charge in [-0.1, -0.05) is 48.2 Å². The molecule has 0 saturated heterocycles. The lowest BCUT2D eigenvalue weighted by Gasteiger charge is -2.10. The summed E-state index contributed by atoms with van der Waals surface area (Å²) in [6.45, 7) is 0.480. The standard InChI is InChI=1S/C17H15N3OS/c21-17(15-10-11-19-20-15)18-12-13-6-4-5-9-16(13)22-14-7-2-1-3-8-14/h1-11H,12H2,(H,18,21)(H,19,20). The van der Waals surface area contributed by atoms with Gasteiger partial charge in [0, 0.05) is 22.5 Å². The third-order valence-corrected chi connectivity index (χ3v) is 4.25. The third kappa shape index (κ3) is 3.56. The number of hydrogen-bond donors (Lipinski definition) is 2. The van der Waals surface area contributed by atoms with E-state index in [1.807, 2.05) is 36.4 Å². The zero-order valence-corrected chi connectivity index (χ0v) is 12.6. The molecule has 2 N–H and O–H groups in total. The SMILES string of the molecule is O=C(NCc1ccccc1Sc1ccccc1)c1ccn[nH]1. The molecule has 0 spiro atoms. The molecule has 110 valence electrons. The Morgan fingerprint density at radius 2 is 1.82 bits per heavy atom. The van der Waals surface area contributed by atoms with Gasteiger partial charge in [-0.15, -0.1) is 0 Å². The number of rotatable bonds is 5. The largest absolute Gasteiger partial charge is 0.347 e. The van der Waals surface area contributed by atoms with Crippen LogP contribution in [-0.2, 0) is 6.54 Å². The van der Waals surface area contributed by atoms with E-state index in [0.29, 0.717) is 12.2 Å². The van der Waals surface area contributed by atoms with Crippen molar-refractivity contribution in [3.63, 3.8) is 0 Å². The van der Waals surface area contributed by atoms with Crippen LogP contribution in [0, 0.1) is 0 Å². The highest BCUT2D eigenvalue weighted by molar-refractivity contribution is 7.99. The van der Waals surface area contributed by atoms with Crippen LogP contribution in [0.2, 0.25) is 0 Å². The summed E-state index contributed by atoms with van der Waals surface area (Å²) in [5, 5.41) is 9.35. The number of hydrogen-bond acceptors (Lipinski definition) is 3. The number of aromatic amines is 1. The maximum absolute atomic E-state index is 12.0. The molecule has 1 amide bonds. The molecule has 2 aromatic carbocycles. The molecule has 22 heavy (non-hydrogen) atoms. The van der Waals surface area contributed by atoms with Crippen molar-refractivity contribution in [2.45, 2.75) is 16.3 Å². The predicted octanol–water partition coefficient (Wildman–Crippen LogP) is 3.49. The predicted molar refractivity (Wildman–Crippen MR) is 86.8 cm³/mol. The van der Waals surface area contributed by atoms with E-state index in [2.05, 4.69) is 33.7 Å². The second-order valence-electron chi connectivity index (χ2n) is 4.68. The number of nitrogens with zero attached hydrogens (tertiary/aromatic N) is 1. The van der Waals surface area contributed by atoms with Crippen molar-refractivity contribution in [3.05, 3.63) is 78.1 Å². The molecule has 4 nitrogen and oxygen atoms in total. The van der Waals surface area contributed by atoms with Crippen LogP contribution in [-0.4, -0.2) is 16.1 Å². The van der Waals surface area contributed by atoms with E-state index in [-0.39, 0.29) is 5.91 Å². The van der Waals surface area contributed by atoms with Gasteiger partial charge in [0.05, 0.1) is 0 Å². The Balaban J connectivity index is 1.70. The lowest BCUT2D eigenvalue weighted by atomic mass is 10.2. The van der Waals surface area contributed by atoms with Gasteiger partial charge in [-0.3, -0.25) is 9.89 Å². The normalized spacial score (nSPS) is 10.4. The summed E-state index contributed by atoms with van der Waals surface area (Å²) in [5.41, 5.74) is 1.55. The van der Waals surface area contributed by atoms with Crippen LogP contribution in [0.5, 0.6) is 0 Å².